The third kappa shape index (κ3) is 2.99. The summed E-state index contributed by atoms with van der Waals surface area (Å²) in [7, 11) is 0. The lowest BCUT2D eigenvalue weighted by Gasteiger charge is -2.30. The highest BCUT2D eigenvalue weighted by atomic mass is 15.2. The number of hydrogen-bond acceptors (Lipinski definition) is 4. The molecule has 0 spiro atoms. The minimum absolute atomic E-state index is 0.618. The van der Waals surface area contributed by atoms with E-state index in [4.69, 9.17) is 5.73 Å². The number of nitrogens with zero attached hydrogens (tertiary/aromatic N) is 3. The Bertz CT molecular complexity index is 385. The van der Waals surface area contributed by atoms with Crippen LogP contribution in [0.25, 0.3) is 0 Å². The number of rotatable bonds is 5. The molecule has 0 aromatic carbocycles. The van der Waals surface area contributed by atoms with Crippen LogP contribution >= 0.6 is 0 Å². The van der Waals surface area contributed by atoms with Gasteiger partial charge in [0.05, 0.1) is 0 Å². The minimum Gasteiger partial charge on any atom is -0.352 e. The Balaban J connectivity index is 2.25. The van der Waals surface area contributed by atoms with Crippen molar-refractivity contribution in [3.05, 3.63) is 17.6 Å². The van der Waals surface area contributed by atoms with E-state index in [0.29, 0.717) is 12.6 Å². The largest absolute Gasteiger partial charge is 0.352 e. The number of aryl methyl sites for hydroxylation is 2. The van der Waals surface area contributed by atoms with Gasteiger partial charge in [-0.1, -0.05) is 19.8 Å². The molecule has 1 fully saturated rings. The van der Waals surface area contributed by atoms with Crippen LogP contribution in [0.1, 0.15) is 44.1 Å². The number of nitrogens with two attached hydrogens (primary N) is 1. The fourth-order valence-electron chi connectivity index (χ4n) is 2.78. The maximum Gasteiger partial charge on any atom is 0.132 e. The van der Waals surface area contributed by atoms with Gasteiger partial charge in [0.25, 0.3) is 0 Å². The van der Waals surface area contributed by atoms with Crippen LogP contribution in [-0.2, 0) is 6.42 Å². The summed E-state index contributed by atoms with van der Waals surface area (Å²) in [5.74, 6) is 1.93. The van der Waals surface area contributed by atoms with E-state index >= 15 is 0 Å². The molecule has 1 aliphatic carbocycles. The first-order valence-electron chi connectivity index (χ1n) is 7.06. The van der Waals surface area contributed by atoms with Gasteiger partial charge in [-0.15, -0.1) is 0 Å². The molecule has 0 unspecified atom stereocenters. The van der Waals surface area contributed by atoms with Crippen molar-refractivity contribution in [3.8, 4) is 0 Å². The Morgan fingerprint density at radius 1 is 1.33 bits per heavy atom. The van der Waals surface area contributed by atoms with Crippen molar-refractivity contribution in [3.63, 3.8) is 0 Å². The Kier molecular flexibility index (Phi) is 4.53. The molecule has 0 saturated heterocycles. The Morgan fingerprint density at radius 3 is 2.67 bits per heavy atom. The maximum absolute atomic E-state index is 5.76. The molecule has 0 amide bonds. The van der Waals surface area contributed by atoms with Crippen LogP contribution in [0.15, 0.2) is 6.07 Å². The van der Waals surface area contributed by atoms with Crippen molar-refractivity contribution in [2.24, 2.45) is 5.73 Å². The van der Waals surface area contributed by atoms with E-state index in [0.717, 1.165) is 30.3 Å². The van der Waals surface area contributed by atoms with Crippen molar-refractivity contribution in [1.82, 2.24) is 9.97 Å². The van der Waals surface area contributed by atoms with Crippen molar-refractivity contribution < 1.29 is 0 Å². The second-order valence-corrected chi connectivity index (χ2v) is 5.04. The molecule has 18 heavy (non-hydrogen) atoms. The van der Waals surface area contributed by atoms with Gasteiger partial charge in [0.15, 0.2) is 0 Å². The van der Waals surface area contributed by atoms with E-state index in [1.54, 1.807) is 0 Å². The molecule has 2 N–H and O–H groups in total. The summed E-state index contributed by atoms with van der Waals surface area (Å²) < 4.78 is 0. The van der Waals surface area contributed by atoms with Crippen LogP contribution in [0, 0.1) is 6.92 Å². The van der Waals surface area contributed by atoms with E-state index in [1.807, 2.05) is 6.92 Å². The summed E-state index contributed by atoms with van der Waals surface area (Å²) in [6.07, 6.45) is 6.15. The van der Waals surface area contributed by atoms with Gasteiger partial charge in [-0.3, -0.25) is 0 Å². The Labute approximate surface area is 110 Å². The normalized spacial score (nSPS) is 16.2. The van der Waals surface area contributed by atoms with Crippen LogP contribution in [-0.4, -0.2) is 29.1 Å². The number of aromatic nitrogens is 2. The molecule has 1 saturated carbocycles. The van der Waals surface area contributed by atoms with Crippen molar-refractivity contribution in [2.75, 3.05) is 18.0 Å². The number of anilines is 1. The summed E-state index contributed by atoms with van der Waals surface area (Å²) in [5, 5.41) is 0. The quantitative estimate of drug-likeness (QED) is 0.866. The van der Waals surface area contributed by atoms with Gasteiger partial charge in [-0.05, 0) is 26.2 Å². The smallest absolute Gasteiger partial charge is 0.132 e. The predicted molar refractivity (Wildman–Crippen MR) is 74.8 cm³/mol. The molecule has 4 heteroatoms. The molecule has 1 aliphatic rings. The van der Waals surface area contributed by atoms with Gasteiger partial charge >= 0.3 is 0 Å². The van der Waals surface area contributed by atoms with Gasteiger partial charge in [-0.2, -0.15) is 0 Å². The number of hydrogen-bond donors (Lipinski definition) is 1. The summed E-state index contributed by atoms with van der Waals surface area (Å²) >= 11 is 0. The molecule has 0 bridgehead atoms. The molecule has 1 aromatic rings. The van der Waals surface area contributed by atoms with Crippen LogP contribution in [0.2, 0.25) is 0 Å². The molecule has 0 radical (unpaired) electrons. The summed E-state index contributed by atoms with van der Waals surface area (Å²) in [6.45, 7) is 5.68. The first kappa shape index (κ1) is 13.3. The molecular formula is C14H24N4. The lowest BCUT2D eigenvalue weighted by Crippen LogP contribution is -2.38. The molecule has 1 aromatic heterocycles. The highest BCUT2D eigenvalue weighted by Crippen LogP contribution is 2.27. The van der Waals surface area contributed by atoms with Gasteiger partial charge in [0.2, 0.25) is 0 Å². The first-order chi connectivity index (χ1) is 8.74. The zero-order valence-electron chi connectivity index (χ0n) is 11.5. The zero-order valence-corrected chi connectivity index (χ0v) is 11.5. The van der Waals surface area contributed by atoms with Gasteiger partial charge < -0.3 is 10.6 Å². The summed E-state index contributed by atoms with van der Waals surface area (Å²) in [4.78, 5) is 11.4. The van der Waals surface area contributed by atoms with E-state index in [1.165, 1.54) is 25.7 Å². The lowest BCUT2D eigenvalue weighted by atomic mass is 10.2. The topological polar surface area (TPSA) is 55.0 Å². The highest BCUT2D eigenvalue weighted by Gasteiger charge is 2.23. The van der Waals surface area contributed by atoms with Gasteiger partial charge in [-0.25, -0.2) is 9.97 Å². The van der Waals surface area contributed by atoms with Crippen LogP contribution in [0.5, 0.6) is 0 Å². The lowest BCUT2D eigenvalue weighted by molar-refractivity contribution is 0.600. The molecule has 4 nitrogen and oxygen atoms in total. The third-order valence-corrected chi connectivity index (χ3v) is 3.67. The maximum atomic E-state index is 5.76. The van der Waals surface area contributed by atoms with E-state index < -0.39 is 0 Å². The molecule has 1 heterocycles. The fourth-order valence-corrected chi connectivity index (χ4v) is 2.78. The monoisotopic (exact) mass is 248 g/mol. The van der Waals surface area contributed by atoms with Crippen LogP contribution < -0.4 is 10.6 Å². The van der Waals surface area contributed by atoms with Crippen molar-refractivity contribution in [1.29, 1.82) is 0 Å². The zero-order chi connectivity index (χ0) is 13.0. The minimum atomic E-state index is 0.618. The standard InChI is InChI=1S/C14H24N4/c1-3-12-10-14(17-11(2)16-12)18(9-8-15)13-6-4-5-7-13/h10,13H,3-9,15H2,1-2H3. The Morgan fingerprint density at radius 2 is 2.06 bits per heavy atom. The molecular weight excluding hydrogens is 224 g/mol. The fraction of sp³-hybridized carbons (Fsp3) is 0.714. The van der Waals surface area contributed by atoms with Crippen LogP contribution in [0.4, 0.5) is 5.82 Å². The molecule has 100 valence electrons. The van der Waals surface area contributed by atoms with Crippen molar-refractivity contribution in [2.45, 2.75) is 52.0 Å². The predicted octanol–water partition coefficient (Wildman–Crippen LogP) is 2.06. The summed E-state index contributed by atoms with van der Waals surface area (Å²) in [5.41, 5.74) is 6.88. The third-order valence-electron chi connectivity index (χ3n) is 3.67. The first-order valence-corrected chi connectivity index (χ1v) is 7.06. The van der Waals surface area contributed by atoms with Crippen LogP contribution in [0.3, 0.4) is 0 Å². The second kappa shape index (κ2) is 6.14. The SMILES string of the molecule is CCc1cc(N(CCN)C2CCCC2)nc(C)n1. The molecule has 0 aliphatic heterocycles. The molecule has 0 atom stereocenters. The van der Waals surface area contributed by atoms with E-state index in [-0.39, 0.29) is 0 Å². The highest BCUT2D eigenvalue weighted by molar-refractivity contribution is 5.41. The second-order valence-electron chi connectivity index (χ2n) is 5.04. The van der Waals surface area contributed by atoms with E-state index in [9.17, 15) is 0 Å². The van der Waals surface area contributed by atoms with Gasteiger partial charge in [0, 0.05) is 30.9 Å². The Hall–Kier alpha value is -1.16. The van der Waals surface area contributed by atoms with E-state index in [2.05, 4.69) is 27.9 Å². The average molecular weight is 248 g/mol. The molecule has 2 rings (SSSR count). The average Bonchev–Trinajstić information content (AvgIpc) is 2.88. The van der Waals surface area contributed by atoms with Gasteiger partial charge in [0.1, 0.15) is 11.6 Å². The van der Waals surface area contributed by atoms with Crippen molar-refractivity contribution >= 4 is 5.82 Å². The summed E-state index contributed by atoms with van der Waals surface area (Å²) in [6, 6.07) is 2.74.